The van der Waals surface area contributed by atoms with E-state index in [1.54, 1.807) is 6.20 Å². The minimum Gasteiger partial charge on any atom is -0.381 e. The van der Waals surface area contributed by atoms with Gasteiger partial charge in [-0.3, -0.25) is 4.79 Å². The van der Waals surface area contributed by atoms with E-state index in [4.69, 9.17) is 4.74 Å². The van der Waals surface area contributed by atoms with Crippen molar-refractivity contribution in [2.45, 2.75) is 43.4 Å². The maximum atomic E-state index is 12.8. The lowest BCUT2D eigenvalue weighted by Crippen LogP contribution is -2.33. The molecule has 0 radical (unpaired) electrons. The van der Waals surface area contributed by atoms with E-state index in [0.29, 0.717) is 29.8 Å². The second-order valence-electron chi connectivity index (χ2n) is 9.54. The molecule has 8 nitrogen and oxygen atoms in total. The van der Waals surface area contributed by atoms with Gasteiger partial charge < -0.3 is 14.6 Å². The first-order valence-electron chi connectivity index (χ1n) is 11.7. The van der Waals surface area contributed by atoms with E-state index in [1.807, 2.05) is 6.07 Å². The third kappa shape index (κ3) is 4.73. The molecule has 2 aromatic heterocycles. The summed E-state index contributed by atoms with van der Waals surface area (Å²) in [5, 5.41) is 0.142. The Morgan fingerprint density at radius 3 is 2.62 bits per heavy atom. The van der Waals surface area contributed by atoms with E-state index in [-0.39, 0.29) is 5.56 Å². The normalized spacial score (nSPS) is 17.4. The molecule has 1 saturated carbocycles. The van der Waals surface area contributed by atoms with Gasteiger partial charge in [0, 0.05) is 43.1 Å². The third-order valence-corrected chi connectivity index (χ3v) is 8.42. The summed E-state index contributed by atoms with van der Waals surface area (Å²) in [5.74, 6) is -0.132. The average molecular weight is 483 g/mol. The van der Waals surface area contributed by atoms with Crippen LogP contribution < -0.4 is 4.72 Å². The van der Waals surface area contributed by atoms with Crippen LogP contribution in [0.15, 0.2) is 36.7 Å². The Morgan fingerprint density at radius 1 is 1.15 bits per heavy atom. The first-order chi connectivity index (χ1) is 16.3. The summed E-state index contributed by atoms with van der Waals surface area (Å²) in [7, 11) is 0.504. The van der Waals surface area contributed by atoms with Crippen molar-refractivity contribution in [2.24, 2.45) is 0 Å². The number of pyridine rings is 1. The van der Waals surface area contributed by atoms with E-state index in [0.717, 1.165) is 43.7 Å². The van der Waals surface area contributed by atoms with Crippen molar-refractivity contribution < 1.29 is 17.9 Å². The maximum Gasteiger partial charge on any atom is 0.266 e. The van der Waals surface area contributed by atoms with Gasteiger partial charge in [-0.15, -0.1) is 0 Å². The number of benzene rings is 1. The molecule has 0 atom stereocenters. The number of carbonyl (C=O) groups excluding carboxylic acids is 1. The number of aromatic amines is 1. The largest absolute Gasteiger partial charge is 0.381 e. The fourth-order valence-electron chi connectivity index (χ4n) is 4.66. The van der Waals surface area contributed by atoms with Crippen LogP contribution in [0.25, 0.3) is 22.2 Å². The highest BCUT2D eigenvalue weighted by molar-refractivity contribution is 7.91. The second-order valence-corrected chi connectivity index (χ2v) is 11.5. The van der Waals surface area contributed by atoms with Gasteiger partial charge in [-0.25, -0.2) is 18.1 Å². The molecule has 0 spiro atoms. The number of amides is 1. The average Bonchev–Trinajstić information content (AvgIpc) is 3.59. The molecule has 0 bridgehead atoms. The summed E-state index contributed by atoms with van der Waals surface area (Å²) in [6, 6.07) is 8.43. The number of hydrogen-bond donors (Lipinski definition) is 2. The lowest BCUT2D eigenvalue weighted by Gasteiger charge is -2.26. The van der Waals surface area contributed by atoms with E-state index in [9.17, 15) is 13.2 Å². The van der Waals surface area contributed by atoms with Gasteiger partial charge in [0.2, 0.25) is 10.0 Å². The molecular weight excluding hydrogens is 452 g/mol. The van der Waals surface area contributed by atoms with Crippen LogP contribution in [-0.2, 0) is 21.3 Å². The summed E-state index contributed by atoms with van der Waals surface area (Å²) in [5.41, 5.74) is 5.36. The number of nitrogens with one attached hydrogen (secondary N) is 2. The topological polar surface area (TPSA) is 104 Å². The molecule has 3 heterocycles. The minimum atomic E-state index is -3.62. The Balaban J connectivity index is 1.48. The first kappa shape index (κ1) is 23.0. The van der Waals surface area contributed by atoms with Crippen LogP contribution in [0.5, 0.6) is 0 Å². The van der Waals surface area contributed by atoms with E-state index < -0.39 is 21.2 Å². The van der Waals surface area contributed by atoms with Crippen molar-refractivity contribution in [2.75, 3.05) is 27.3 Å². The Labute approximate surface area is 199 Å². The Bertz CT molecular complexity index is 1320. The van der Waals surface area contributed by atoms with Gasteiger partial charge in [-0.2, -0.15) is 0 Å². The van der Waals surface area contributed by atoms with E-state index in [2.05, 4.69) is 51.9 Å². The number of aromatic nitrogens is 2. The van der Waals surface area contributed by atoms with Crippen molar-refractivity contribution in [3.8, 4) is 11.1 Å². The molecule has 1 amide bonds. The molecule has 34 heavy (non-hydrogen) atoms. The zero-order chi connectivity index (χ0) is 23.9. The number of nitrogens with zero attached hydrogens (tertiary/aromatic N) is 2. The van der Waals surface area contributed by atoms with Gasteiger partial charge in [-0.1, -0.05) is 12.1 Å². The number of H-pyrrole nitrogens is 1. The third-order valence-electron chi connectivity index (χ3n) is 6.60. The molecule has 2 N–H and O–H groups in total. The number of hydrogen-bond acceptors (Lipinski definition) is 6. The number of rotatable bonds is 7. The Morgan fingerprint density at radius 2 is 1.91 bits per heavy atom. The lowest BCUT2D eigenvalue weighted by atomic mass is 9.86. The minimum absolute atomic E-state index is 0.279. The molecule has 1 aliphatic carbocycles. The Kier molecular flexibility index (Phi) is 6.18. The van der Waals surface area contributed by atoms with Crippen LogP contribution >= 0.6 is 0 Å². The van der Waals surface area contributed by atoms with Gasteiger partial charge in [0.1, 0.15) is 5.65 Å². The quantitative estimate of drug-likeness (QED) is 0.535. The van der Waals surface area contributed by atoms with E-state index in [1.165, 1.54) is 17.3 Å². The molecule has 9 heteroatoms. The maximum absolute atomic E-state index is 12.8. The molecule has 5 rings (SSSR count). The van der Waals surface area contributed by atoms with Crippen molar-refractivity contribution >= 4 is 27.0 Å². The SMILES string of the molecule is CN(C)Cc1cc(-c2cnc3[nH]cc(C(=O)NS(=O)(=O)C4CC4)c3c2)ccc1C1CCOCC1. The van der Waals surface area contributed by atoms with Crippen molar-refractivity contribution in [3.63, 3.8) is 0 Å². The van der Waals surface area contributed by atoms with Gasteiger partial charge >= 0.3 is 0 Å². The van der Waals surface area contributed by atoms with Crippen molar-refractivity contribution in [1.29, 1.82) is 0 Å². The monoisotopic (exact) mass is 482 g/mol. The summed E-state index contributed by atoms with van der Waals surface area (Å²) in [4.78, 5) is 22.4. The summed E-state index contributed by atoms with van der Waals surface area (Å²) in [6.45, 7) is 2.42. The number of ether oxygens (including phenoxy) is 1. The number of fused-ring (bicyclic) bond motifs is 1. The highest BCUT2D eigenvalue weighted by Crippen LogP contribution is 2.34. The molecule has 1 aliphatic heterocycles. The smallest absolute Gasteiger partial charge is 0.266 e. The standard InChI is InChI=1S/C25H30N4O4S/c1-29(2)15-19-11-17(3-6-21(19)16-7-9-33-10-8-16)18-12-22-23(14-27-24(22)26-13-18)25(30)28-34(31,32)20-4-5-20/h3,6,11-14,16,20H,4-5,7-10,15H2,1-2H3,(H,26,27)(H,28,30). The number of sulfonamides is 1. The van der Waals surface area contributed by atoms with Crippen LogP contribution in [0.2, 0.25) is 0 Å². The molecular formula is C25H30N4O4S. The fourth-order valence-corrected chi connectivity index (χ4v) is 5.96. The lowest BCUT2D eigenvalue weighted by molar-refractivity contribution is 0.0850. The summed E-state index contributed by atoms with van der Waals surface area (Å²) in [6.07, 6.45) is 6.55. The highest BCUT2D eigenvalue weighted by Gasteiger charge is 2.37. The molecule has 2 aliphatic rings. The van der Waals surface area contributed by atoms with Crippen molar-refractivity contribution in [3.05, 3.63) is 53.3 Å². The van der Waals surface area contributed by atoms with Gasteiger partial charge in [0.25, 0.3) is 5.91 Å². The van der Waals surface area contributed by atoms with Crippen LogP contribution in [0.1, 0.15) is 53.1 Å². The fraction of sp³-hybridized carbons (Fsp3) is 0.440. The zero-order valence-corrected chi connectivity index (χ0v) is 20.3. The summed E-state index contributed by atoms with van der Waals surface area (Å²) < 4.78 is 32.3. The first-order valence-corrected chi connectivity index (χ1v) is 13.3. The van der Waals surface area contributed by atoms with Crippen LogP contribution in [0.3, 0.4) is 0 Å². The van der Waals surface area contributed by atoms with Gasteiger partial charge in [0.15, 0.2) is 0 Å². The van der Waals surface area contributed by atoms with Crippen LogP contribution in [0.4, 0.5) is 0 Å². The van der Waals surface area contributed by atoms with Gasteiger partial charge in [-0.05, 0) is 74.5 Å². The molecule has 2 fully saturated rings. The molecule has 1 aromatic carbocycles. The highest BCUT2D eigenvalue weighted by atomic mass is 32.2. The van der Waals surface area contributed by atoms with Crippen molar-refractivity contribution in [1.82, 2.24) is 19.6 Å². The molecule has 1 saturated heterocycles. The molecule has 0 unspecified atom stereocenters. The van der Waals surface area contributed by atoms with Crippen LogP contribution in [-0.4, -0.2) is 61.8 Å². The predicted octanol–water partition coefficient (Wildman–Crippen LogP) is 3.41. The van der Waals surface area contributed by atoms with Crippen LogP contribution in [0, 0.1) is 0 Å². The van der Waals surface area contributed by atoms with Gasteiger partial charge in [0.05, 0.1) is 10.8 Å². The predicted molar refractivity (Wildman–Crippen MR) is 131 cm³/mol. The second kappa shape index (κ2) is 9.13. The van der Waals surface area contributed by atoms with E-state index >= 15 is 0 Å². The Hall–Kier alpha value is -2.75. The number of carbonyl (C=O) groups is 1. The zero-order valence-electron chi connectivity index (χ0n) is 19.5. The summed E-state index contributed by atoms with van der Waals surface area (Å²) >= 11 is 0. The molecule has 180 valence electrons. The molecule has 3 aromatic rings.